The lowest BCUT2D eigenvalue weighted by molar-refractivity contribution is -0.127. The maximum absolute atomic E-state index is 13.6. The number of nitrogens with one attached hydrogen (secondary N) is 2. The molecule has 3 N–H and O–H groups in total. The molecule has 128 valence electrons. The van der Waals surface area contributed by atoms with Crippen LogP contribution in [0.3, 0.4) is 0 Å². The molecule has 1 rings (SSSR count). The Bertz CT molecular complexity index is 560. The van der Waals surface area contributed by atoms with Crippen molar-refractivity contribution in [3.63, 3.8) is 0 Å². The first-order chi connectivity index (χ1) is 10.8. The van der Waals surface area contributed by atoms with Gasteiger partial charge in [-0.25, -0.2) is 4.39 Å². The van der Waals surface area contributed by atoms with Gasteiger partial charge in [-0.2, -0.15) is 0 Å². The highest BCUT2D eigenvalue weighted by Crippen LogP contribution is 2.23. The predicted molar refractivity (Wildman–Crippen MR) is 86.4 cm³/mol. The summed E-state index contributed by atoms with van der Waals surface area (Å²) >= 11 is 5.61. The molecule has 0 radical (unpaired) electrons. The Morgan fingerprint density at radius 2 is 1.83 bits per heavy atom. The minimum Gasteiger partial charge on any atom is -0.389 e. The van der Waals surface area contributed by atoms with Crippen molar-refractivity contribution in [2.75, 3.05) is 0 Å². The highest BCUT2D eigenvalue weighted by Gasteiger charge is 2.28. The third-order valence-electron chi connectivity index (χ3n) is 3.41. The van der Waals surface area contributed by atoms with Gasteiger partial charge in [-0.15, -0.1) is 0 Å². The monoisotopic (exact) mass is 344 g/mol. The molecule has 1 aromatic rings. The van der Waals surface area contributed by atoms with Crippen LogP contribution in [0.1, 0.15) is 56.3 Å². The van der Waals surface area contributed by atoms with E-state index < -0.39 is 23.2 Å². The van der Waals surface area contributed by atoms with E-state index in [4.69, 9.17) is 11.6 Å². The molecule has 1 aromatic carbocycles. The SMILES string of the molecule is CCCC(O)(CCC)CC(=O)NNC(=O)c1ccc(Cl)cc1F. The summed E-state index contributed by atoms with van der Waals surface area (Å²) in [6.45, 7) is 3.84. The number of aliphatic hydroxyl groups is 1. The first-order valence-electron chi connectivity index (χ1n) is 7.58. The molecule has 0 bridgehead atoms. The van der Waals surface area contributed by atoms with Crippen molar-refractivity contribution in [3.8, 4) is 0 Å². The van der Waals surface area contributed by atoms with E-state index in [0.717, 1.165) is 18.9 Å². The van der Waals surface area contributed by atoms with Gasteiger partial charge in [0.2, 0.25) is 5.91 Å². The van der Waals surface area contributed by atoms with Crippen molar-refractivity contribution in [1.82, 2.24) is 10.9 Å². The van der Waals surface area contributed by atoms with Crippen molar-refractivity contribution in [2.24, 2.45) is 0 Å². The second-order valence-electron chi connectivity index (χ2n) is 5.53. The van der Waals surface area contributed by atoms with Gasteiger partial charge in [-0.05, 0) is 31.0 Å². The van der Waals surface area contributed by atoms with Gasteiger partial charge < -0.3 is 5.11 Å². The number of carbonyl (C=O) groups is 2. The lowest BCUT2D eigenvalue weighted by Gasteiger charge is -2.26. The van der Waals surface area contributed by atoms with Gasteiger partial charge in [-0.3, -0.25) is 20.4 Å². The molecule has 0 aromatic heterocycles. The van der Waals surface area contributed by atoms with Crippen LogP contribution in [0.25, 0.3) is 0 Å². The fourth-order valence-corrected chi connectivity index (χ4v) is 2.60. The predicted octanol–water partition coefficient (Wildman–Crippen LogP) is 2.96. The number of benzene rings is 1. The van der Waals surface area contributed by atoms with Crippen LogP contribution in [0, 0.1) is 5.82 Å². The Hall–Kier alpha value is -1.66. The molecule has 0 heterocycles. The molecule has 0 spiro atoms. The van der Waals surface area contributed by atoms with E-state index >= 15 is 0 Å². The summed E-state index contributed by atoms with van der Waals surface area (Å²) in [5, 5.41) is 10.6. The molecule has 23 heavy (non-hydrogen) atoms. The van der Waals surface area contributed by atoms with Gasteiger partial charge in [0.15, 0.2) is 0 Å². The first kappa shape index (κ1) is 19.4. The highest BCUT2D eigenvalue weighted by molar-refractivity contribution is 6.30. The number of hydrogen-bond acceptors (Lipinski definition) is 3. The number of amides is 2. The number of hydrazine groups is 1. The molecule has 0 aliphatic heterocycles. The third kappa shape index (κ3) is 6.15. The molecular weight excluding hydrogens is 323 g/mol. The molecule has 7 heteroatoms. The average Bonchev–Trinajstić information content (AvgIpc) is 2.45. The maximum atomic E-state index is 13.6. The zero-order chi connectivity index (χ0) is 17.5. The van der Waals surface area contributed by atoms with Gasteiger partial charge in [0, 0.05) is 5.02 Å². The lowest BCUT2D eigenvalue weighted by Crippen LogP contribution is -2.45. The Morgan fingerprint density at radius 1 is 1.22 bits per heavy atom. The molecule has 0 saturated heterocycles. The minimum atomic E-state index is -1.09. The molecule has 2 amide bonds. The Labute approximate surface area is 140 Å². The Morgan fingerprint density at radius 3 is 2.35 bits per heavy atom. The van der Waals surface area contributed by atoms with E-state index in [1.807, 2.05) is 13.8 Å². The maximum Gasteiger partial charge on any atom is 0.272 e. The summed E-state index contributed by atoms with van der Waals surface area (Å²) in [6, 6.07) is 3.62. The van der Waals surface area contributed by atoms with Gasteiger partial charge in [0.1, 0.15) is 5.82 Å². The van der Waals surface area contributed by atoms with Crippen LogP contribution >= 0.6 is 11.6 Å². The van der Waals surface area contributed by atoms with Crippen molar-refractivity contribution in [2.45, 2.75) is 51.6 Å². The van der Waals surface area contributed by atoms with Crippen LogP contribution in [0.15, 0.2) is 18.2 Å². The van der Waals surface area contributed by atoms with Gasteiger partial charge >= 0.3 is 0 Å². The number of carbonyl (C=O) groups excluding carboxylic acids is 2. The minimum absolute atomic E-state index is 0.127. The van der Waals surface area contributed by atoms with E-state index in [0.29, 0.717) is 12.8 Å². The van der Waals surface area contributed by atoms with Gasteiger partial charge in [-0.1, -0.05) is 38.3 Å². The van der Waals surface area contributed by atoms with Crippen molar-refractivity contribution in [1.29, 1.82) is 0 Å². The van der Waals surface area contributed by atoms with E-state index in [1.165, 1.54) is 12.1 Å². The fraction of sp³-hybridized carbons (Fsp3) is 0.500. The second kappa shape index (κ2) is 8.84. The molecular formula is C16H22ClFN2O3. The van der Waals surface area contributed by atoms with Crippen LogP contribution in [-0.2, 0) is 4.79 Å². The molecule has 0 aliphatic carbocycles. The van der Waals surface area contributed by atoms with Crippen LogP contribution in [-0.4, -0.2) is 22.5 Å². The van der Waals surface area contributed by atoms with E-state index in [-0.39, 0.29) is 17.0 Å². The summed E-state index contributed by atoms with van der Waals surface area (Å²) in [6.07, 6.45) is 2.35. The molecule has 5 nitrogen and oxygen atoms in total. The quantitative estimate of drug-likeness (QED) is 0.665. The van der Waals surface area contributed by atoms with Crippen molar-refractivity contribution >= 4 is 23.4 Å². The number of hydrogen-bond donors (Lipinski definition) is 3. The van der Waals surface area contributed by atoms with Crippen molar-refractivity contribution < 1.29 is 19.1 Å². The summed E-state index contributed by atoms with van der Waals surface area (Å²) in [5.41, 5.74) is 3.01. The van der Waals surface area contributed by atoms with E-state index in [2.05, 4.69) is 10.9 Å². The van der Waals surface area contributed by atoms with Gasteiger partial charge in [0.25, 0.3) is 5.91 Å². The summed E-state index contributed by atoms with van der Waals surface area (Å²) in [7, 11) is 0. The Balaban J connectivity index is 2.59. The standard InChI is InChI=1S/C16H22ClFN2O3/c1-3-7-16(23,8-4-2)10-14(21)19-20-15(22)12-6-5-11(17)9-13(12)18/h5-6,9,23H,3-4,7-8,10H2,1-2H3,(H,19,21)(H,20,22). The topological polar surface area (TPSA) is 78.4 Å². The molecule has 0 saturated carbocycles. The normalized spacial score (nSPS) is 11.2. The van der Waals surface area contributed by atoms with E-state index in [1.54, 1.807) is 0 Å². The number of rotatable bonds is 7. The number of halogens is 2. The lowest BCUT2D eigenvalue weighted by atomic mass is 9.89. The highest BCUT2D eigenvalue weighted by atomic mass is 35.5. The zero-order valence-electron chi connectivity index (χ0n) is 13.3. The molecule has 0 unspecified atom stereocenters. The molecule has 0 atom stereocenters. The second-order valence-corrected chi connectivity index (χ2v) is 5.96. The smallest absolute Gasteiger partial charge is 0.272 e. The molecule has 0 fully saturated rings. The average molecular weight is 345 g/mol. The largest absolute Gasteiger partial charge is 0.389 e. The van der Waals surface area contributed by atoms with Gasteiger partial charge in [0.05, 0.1) is 17.6 Å². The summed E-state index contributed by atoms with van der Waals surface area (Å²) < 4.78 is 13.6. The first-order valence-corrected chi connectivity index (χ1v) is 7.95. The van der Waals surface area contributed by atoms with Crippen LogP contribution < -0.4 is 10.9 Å². The van der Waals surface area contributed by atoms with Crippen LogP contribution in [0.5, 0.6) is 0 Å². The van der Waals surface area contributed by atoms with Crippen LogP contribution in [0.4, 0.5) is 4.39 Å². The van der Waals surface area contributed by atoms with Crippen molar-refractivity contribution in [3.05, 3.63) is 34.6 Å². The zero-order valence-corrected chi connectivity index (χ0v) is 14.0. The summed E-state index contributed by atoms with van der Waals surface area (Å²) in [4.78, 5) is 23.7. The fourth-order valence-electron chi connectivity index (χ4n) is 2.44. The van der Waals surface area contributed by atoms with E-state index in [9.17, 15) is 19.1 Å². The Kier molecular flexibility index (Phi) is 7.45. The summed E-state index contributed by atoms with van der Waals surface area (Å²) in [5.74, 6) is -2.10. The third-order valence-corrected chi connectivity index (χ3v) is 3.65. The molecule has 0 aliphatic rings. The van der Waals surface area contributed by atoms with Crippen LogP contribution in [0.2, 0.25) is 5.02 Å².